The van der Waals surface area contributed by atoms with Gasteiger partial charge in [-0.1, -0.05) is 53.9 Å². The number of carbonyl (C=O) groups excluding carboxylic acids is 1. The van der Waals surface area contributed by atoms with Gasteiger partial charge in [0.15, 0.2) is 5.69 Å². The topological polar surface area (TPSA) is 46.9 Å². The number of rotatable bonds is 6. The second-order valence-corrected chi connectivity index (χ2v) is 9.89. The molecule has 32 heavy (non-hydrogen) atoms. The van der Waals surface area contributed by atoms with Crippen LogP contribution in [0.4, 0.5) is 0 Å². The Bertz CT molecular complexity index is 1100. The molecule has 1 atom stereocenters. The van der Waals surface area contributed by atoms with Gasteiger partial charge in [0.2, 0.25) is 0 Å². The highest BCUT2D eigenvalue weighted by Gasteiger charge is 2.32. The van der Waals surface area contributed by atoms with E-state index in [4.69, 9.17) is 28.3 Å². The van der Waals surface area contributed by atoms with Crippen LogP contribution in [0.25, 0.3) is 0 Å². The first-order chi connectivity index (χ1) is 15.6. The Kier molecular flexibility index (Phi) is 6.25. The summed E-state index contributed by atoms with van der Waals surface area (Å²) in [5, 5.41) is 9.51. The summed E-state index contributed by atoms with van der Waals surface area (Å²) >= 11 is 12.2. The standard InChI is InChI=1S/C26H27Cl2N3O/c27-20-9-5-17(6-10-20)15-19-3-1-2-4-23-24(26(32)29-22-13-14-22)30-31(25(19)23)16-18-7-11-21(28)12-8-18/h5-12,19,22H,1-4,13-16H2,(H,29,32). The summed E-state index contributed by atoms with van der Waals surface area (Å²) in [4.78, 5) is 13.1. The zero-order valence-corrected chi connectivity index (χ0v) is 19.5. The highest BCUT2D eigenvalue weighted by molar-refractivity contribution is 6.30. The van der Waals surface area contributed by atoms with Crippen molar-refractivity contribution >= 4 is 29.1 Å². The zero-order valence-electron chi connectivity index (χ0n) is 18.0. The molecule has 166 valence electrons. The summed E-state index contributed by atoms with van der Waals surface area (Å²) in [6.07, 6.45) is 7.28. The Morgan fingerprint density at radius 1 is 0.938 bits per heavy atom. The molecule has 0 saturated heterocycles. The predicted molar refractivity (Wildman–Crippen MR) is 129 cm³/mol. The van der Waals surface area contributed by atoms with Crippen molar-refractivity contribution in [2.75, 3.05) is 0 Å². The lowest BCUT2D eigenvalue weighted by atomic mass is 9.91. The van der Waals surface area contributed by atoms with E-state index in [2.05, 4.69) is 22.1 Å². The Morgan fingerprint density at radius 2 is 1.59 bits per heavy atom. The first kappa shape index (κ1) is 21.5. The smallest absolute Gasteiger partial charge is 0.272 e. The molecule has 5 rings (SSSR count). The van der Waals surface area contributed by atoms with Gasteiger partial charge in [0.25, 0.3) is 5.91 Å². The number of carbonyl (C=O) groups is 1. The van der Waals surface area contributed by atoms with Crippen LogP contribution in [0.3, 0.4) is 0 Å². The molecule has 0 aliphatic heterocycles. The number of halogens is 2. The van der Waals surface area contributed by atoms with Crippen LogP contribution in [0.2, 0.25) is 10.0 Å². The molecule has 1 heterocycles. The van der Waals surface area contributed by atoms with Crippen molar-refractivity contribution in [3.63, 3.8) is 0 Å². The summed E-state index contributed by atoms with van der Waals surface area (Å²) in [7, 11) is 0. The van der Waals surface area contributed by atoms with Gasteiger partial charge in [0, 0.05) is 33.3 Å². The van der Waals surface area contributed by atoms with Crippen LogP contribution in [-0.2, 0) is 19.4 Å². The van der Waals surface area contributed by atoms with Crippen LogP contribution < -0.4 is 5.32 Å². The first-order valence-corrected chi connectivity index (χ1v) is 12.2. The van der Waals surface area contributed by atoms with Gasteiger partial charge in [0.1, 0.15) is 0 Å². The van der Waals surface area contributed by atoms with Crippen LogP contribution in [0.15, 0.2) is 48.5 Å². The minimum Gasteiger partial charge on any atom is -0.348 e. The zero-order chi connectivity index (χ0) is 22.1. The summed E-state index contributed by atoms with van der Waals surface area (Å²) in [5.41, 5.74) is 5.35. The van der Waals surface area contributed by atoms with Crippen LogP contribution in [0, 0.1) is 0 Å². The third kappa shape index (κ3) is 4.87. The van der Waals surface area contributed by atoms with Crippen molar-refractivity contribution in [3.05, 3.63) is 86.7 Å². The Hall–Kier alpha value is -2.30. The van der Waals surface area contributed by atoms with Gasteiger partial charge >= 0.3 is 0 Å². The van der Waals surface area contributed by atoms with Crippen molar-refractivity contribution < 1.29 is 4.79 Å². The molecule has 1 aromatic heterocycles. The largest absolute Gasteiger partial charge is 0.348 e. The summed E-state index contributed by atoms with van der Waals surface area (Å²) < 4.78 is 2.08. The van der Waals surface area contributed by atoms with E-state index in [-0.39, 0.29) is 5.91 Å². The molecule has 0 bridgehead atoms. The van der Waals surface area contributed by atoms with E-state index in [0.29, 0.717) is 24.2 Å². The molecule has 1 amide bonds. The van der Waals surface area contributed by atoms with Gasteiger partial charge in [-0.3, -0.25) is 9.48 Å². The molecule has 1 N–H and O–H groups in total. The minimum atomic E-state index is -0.0225. The van der Waals surface area contributed by atoms with Crippen molar-refractivity contribution in [3.8, 4) is 0 Å². The fourth-order valence-corrected chi connectivity index (χ4v) is 4.95. The number of aromatic nitrogens is 2. The van der Waals surface area contributed by atoms with Gasteiger partial charge in [-0.15, -0.1) is 0 Å². The number of nitrogens with zero attached hydrogens (tertiary/aromatic N) is 2. The number of amides is 1. The molecular weight excluding hydrogens is 441 g/mol. The number of benzene rings is 2. The third-order valence-corrected chi connectivity index (χ3v) is 6.98. The monoisotopic (exact) mass is 467 g/mol. The van der Waals surface area contributed by atoms with Gasteiger partial charge in [-0.25, -0.2) is 0 Å². The SMILES string of the molecule is O=C(NC1CC1)c1nn(Cc2ccc(Cl)cc2)c2c1CCCCC2Cc1ccc(Cl)cc1. The van der Waals surface area contributed by atoms with Crippen molar-refractivity contribution in [1.29, 1.82) is 0 Å². The van der Waals surface area contributed by atoms with E-state index in [0.717, 1.165) is 66.1 Å². The van der Waals surface area contributed by atoms with Gasteiger partial charge in [0.05, 0.1) is 6.54 Å². The maximum atomic E-state index is 13.1. The molecule has 3 aromatic rings. The van der Waals surface area contributed by atoms with Gasteiger partial charge in [-0.2, -0.15) is 5.10 Å². The Morgan fingerprint density at radius 3 is 2.25 bits per heavy atom. The summed E-state index contributed by atoms with van der Waals surface area (Å²) in [6, 6.07) is 16.3. The number of hydrogen-bond acceptors (Lipinski definition) is 2. The maximum absolute atomic E-state index is 13.1. The molecule has 1 unspecified atom stereocenters. The summed E-state index contributed by atoms with van der Waals surface area (Å²) in [6.45, 7) is 0.632. The van der Waals surface area contributed by atoms with E-state index in [1.54, 1.807) is 0 Å². The quantitative estimate of drug-likeness (QED) is 0.439. The van der Waals surface area contributed by atoms with Crippen LogP contribution in [0.1, 0.15) is 70.9 Å². The Balaban J connectivity index is 1.53. The molecule has 1 fully saturated rings. The lowest BCUT2D eigenvalue weighted by Crippen LogP contribution is -2.27. The average Bonchev–Trinajstić information content (AvgIpc) is 3.56. The first-order valence-electron chi connectivity index (χ1n) is 11.5. The van der Waals surface area contributed by atoms with E-state index in [1.807, 2.05) is 36.4 Å². The second kappa shape index (κ2) is 9.29. The maximum Gasteiger partial charge on any atom is 0.272 e. The van der Waals surface area contributed by atoms with Crippen molar-refractivity contribution in [2.24, 2.45) is 0 Å². The molecular formula is C26H27Cl2N3O. The predicted octanol–water partition coefficient (Wildman–Crippen LogP) is 6.18. The summed E-state index contributed by atoms with van der Waals surface area (Å²) in [5.74, 6) is 0.293. The van der Waals surface area contributed by atoms with Crippen LogP contribution in [-0.4, -0.2) is 21.7 Å². The minimum absolute atomic E-state index is 0.0225. The highest BCUT2D eigenvalue weighted by atomic mass is 35.5. The molecule has 2 aliphatic rings. The number of hydrogen-bond donors (Lipinski definition) is 1. The lowest BCUT2D eigenvalue weighted by molar-refractivity contribution is 0.0944. The second-order valence-electron chi connectivity index (χ2n) is 9.02. The Labute approximate surface area is 198 Å². The molecule has 2 aliphatic carbocycles. The molecule has 4 nitrogen and oxygen atoms in total. The molecule has 0 radical (unpaired) electrons. The van der Waals surface area contributed by atoms with Gasteiger partial charge in [-0.05, 0) is 73.9 Å². The third-order valence-electron chi connectivity index (χ3n) is 6.48. The van der Waals surface area contributed by atoms with Crippen LogP contribution in [0.5, 0.6) is 0 Å². The number of nitrogens with one attached hydrogen (secondary N) is 1. The fraction of sp³-hybridized carbons (Fsp3) is 0.385. The lowest BCUT2D eigenvalue weighted by Gasteiger charge is -2.19. The van der Waals surface area contributed by atoms with Crippen molar-refractivity contribution in [1.82, 2.24) is 15.1 Å². The van der Waals surface area contributed by atoms with Crippen molar-refractivity contribution in [2.45, 2.75) is 63.5 Å². The molecule has 6 heteroatoms. The number of fused-ring (bicyclic) bond motifs is 1. The van der Waals surface area contributed by atoms with Crippen LogP contribution >= 0.6 is 23.2 Å². The highest BCUT2D eigenvalue weighted by Crippen LogP contribution is 2.36. The molecule has 1 saturated carbocycles. The molecule has 0 spiro atoms. The van der Waals surface area contributed by atoms with E-state index >= 15 is 0 Å². The van der Waals surface area contributed by atoms with E-state index in [9.17, 15) is 4.79 Å². The fourth-order valence-electron chi connectivity index (χ4n) is 4.70. The normalized spacial score (nSPS) is 18.1. The van der Waals surface area contributed by atoms with E-state index in [1.165, 1.54) is 11.3 Å². The van der Waals surface area contributed by atoms with Gasteiger partial charge < -0.3 is 5.32 Å². The molecule has 2 aromatic carbocycles. The average molecular weight is 468 g/mol. The van der Waals surface area contributed by atoms with E-state index < -0.39 is 0 Å².